The predicted octanol–water partition coefficient (Wildman–Crippen LogP) is 4.47. The van der Waals surface area contributed by atoms with Gasteiger partial charge < -0.3 is 8.54 Å². The Balaban J connectivity index is 4.84. The molecule has 0 aromatic heterocycles. The lowest BCUT2D eigenvalue weighted by molar-refractivity contribution is -0.0755. The molecule has 0 heterocycles. The second-order valence-corrected chi connectivity index (χ2v) is 12.7. The van der Waals surface area contributed by atoms with Gasteiger partial charge >= 0.3 is 8.56 Å². The summed E-state index contributed by atoms with van der Waals surface area (Å²) < 4.78 is 26.2. The van der Waals surface area contributed by atoms with Crippen molar-refractivity contribution in [3.05, 3.63) is 37.6 Å². The summed E-state index contributed by atoms with van der Waals surface area (Å²) in [6, 6.07) is 0. The van der Waals surface area contributed by atoms with Gasteiger partial charge in [0.05, 0.1) is 0 Å². The van der Waals surface area contributed by atoms with E-state index in [1.807, 2.05) is 31.9 Å². The Bertz CT molecular complexity index is 304. The molecular formula is C13H25FO2Si2. The van der Waals surface area contributed by atoms with Gasteiger partial charge in [0.25, 0.3) is 0 Å². The van der Waals surface area contributed by atoms with Crippen LogP contribution in [0, 0.1) is 0 Å². The second kappa shape index (κ2) is 6.61. The maximum atomic E-state index is 14.5. The molecule has 0 N–H and O–H groups in total. The van der Waals surface area contributed by atoms with Crippen LogP contribution in [0.1, 0.15) is 12.8 Å². The van der Waals surface area contributed by atoms with Gasteiger partial charge in [-0.2, -0.15) is 0 Å². The van der Waals surface area contributed by atoms with E-state index in [-0.39, 0.29) is 12.8 Å². The quantitative estimate of drug-likeness (QED) is 0.460. The number of hydrogen-bond acceptors (Lipinski definition) is 2. The Hall–Kier alpha value is -0.496. The Kier molecular flexibility index (Phi) is 6.42. The van der Waals surface area contributed by atoms with Gasteiger partial charge in [-0.15, -0.1) is 19.7 Å². The lowest BCUT2D eigenvalue weighted by Crippen LogP contribution is -2.50. The molecule has 0 aliphatic rings. The first kappa shape index (κ1) is 17.5. The monoisotopic (exact) mass is 288 g/mol. The van der Waals surface area contributed by atoms with Crippen LogP contribution in [0.3, 0.4) is 0 Å². The van der Waals surface area contributed by atoms with Crippen molar-refractivity contribution in [1.29, 1.82) is 0 Å². The smallest absolute Gasteiger partial charge is 0.324 e. The van der Waals surface area contributed by atoms with Crippen LogP contribution in [0.5, 0.6) is 0 Å². The molecule has 0 atom stereocenters. The van der Waals surface area contributed by atoms with Gasteiger partial charge in [-0.25, -0.2) is 4.39 Å². The maximum absolute atomic E-state index is 14.5. The molecule has 0 saturated carbocycles. The molecule has 0 unspecified atom stereocenters. The van der Waals surface area contributed by atoms with E-state index in [4.69, 9.17) is 8.54 Å². The minimum atomic E-state index is -2.55. The van der Waals surface area contributed by atoms with E-state index in [0.29, 0.717) is 0 Å². The van der Waals surface area contributed by atoms with E-state index in [1.165, 1.54) is 12.2 Å². The van der Waals surface area contributed by atoms with Crippen molar-refractivity contribution in [3.8, 4) is 0 Å². The van der Waals surface area contributed by atoms with Crippen LogP contribution in [0.4, 0.5) is 4.39 Å². The molecule has 0 aromatic rings. The SMILES string of the molecule is C=CCC(F)(CC=C)O[Si](C)(C)O[Si](C)(C)C=C. The van der Waals surface area contributed by atoms with Gasteiger partial charge in [-0.05, 0) is 26.2 Å². The van der Waals surface area contributed by atoms with Crippen molar-refractivity contribution < 1.29 is 12.9 Å². The minimum absolute atomic E-state index is 0.134. The summed E-state index contributed by atoms with van der Waals surface area (Å²) in [6.45, 7) is 18.6. The van der Waals surface area contributed by atoms with E-state index in [1.54, 1.807) is 0 Å². The van der Waals surface area contributed by atoms with Gasteiger partial charge in [-0.3, -0.25) is 0 Å². The first-order valence-corrected chi connectivity index (χ1v) is 11.8. The highest BCUT2D eigenvalue weighted by molar-refractivity contribution is 6.85. The lowest BCUT2D eigenvalue weighted by Gasteiger charge is -2.36. The van der Waals surface area contributed by atoms with Crippen LogP contribution in [0.25, 0.3) is 0 Å². The summed E-state index contributed by atoms with van der Waals surface area (Å²) in [5.74, 6) is -1.76. The number of alkyl halides is 1. The van der Waals surface area contributed by atoms with Crippen LogP contribution < -0.4 is 0 Å². The fraction of sp³-hybridized carbons (Fsp3) is 0.538. The van der Waals surface area contributed by atoms with E-state index in [0.717, 1.165) is 0 Å². The zero-order valence-corrected chi connectivity index (χ0v) is 14.0. The fourth-order valence-corrected chi connectivity index (χ4v) is 8.35. The molecule has 104 valence electrons. The molecule has 0 aliphatic carbocycles. The van der Waals surface area contributed by atoms with Gasteiger partial charge in [0.1, 0.15) is 0 Å². The summed E-state index contributed by atoms with van der Waals surface area (Å²) in [5.41, 5.74) is 1.83. The first-order valence-electron chi connectivity index (χ1n) is 6.04. The second-order valence-electron chi connectivity index (χ2n) is 5.28. The Morgan fingerprint density at radius 1 is 1.06 bits per heavy atom. The van der Waals surface area contributed by atoms with Gasteiger partial charge in [-0.1, -0.05) is 17.9 Å². The molecule has 0 spiro atoms. The summed E-state index contributed by atoms with van der Waals surface area (Å²) in [4.78, 5) is 0. The molecule has 0 radical (unpaired) electrons. The predicted molar refractivity (Wildman–Crippen MR) is 80.8 cm³/mol. The third kappa shape index (κ3) is 6.44. The topological polar surface area (TPSA) is 18.5 Å². The minimum Gasteiger partial charge on any atom is -0.433 e. The van der Waals surface area contributed by atoms with E-state index >= 15 is 0 Å². The molecule has 5 heteroatoms. The molecule has 0 amide bonds. The molecule has 0 aromatic carbocycles. The van der Waals surface area contributed by atoms with Gasteiger partial charge in [0, 0.05) is 12.8 Å². The molecule has 0 rings (SSSR count). The van der Waals surface area contributed by atoms with E-state index in [2.05, 4.69) is 19.7 Å². The average Bonchev–Trinajstić information content (AvgIpc) is 2.15. The molecular weight excluding hydrogens is 263 g/mol. The normalized spacial score (nSPS) is 13.2. The van der Waals surface area contributed by atoms with Crippen LogP contribution in [-0.2, 0) is 8.54 Å². The number of hydrogen-bond donors (Lipinski definition) is 0. The molecule has 0 aliphatic heterocycles. The Morgan fingerprint density at radius 3 is 1.83 bits per heavy atom. The van der Waals surface area contributed by atoms with Crippen molar-refractivity contribution >= 4 is 16.9 Å². The fourth-order valence-electron chi connectivity index (χ4n) is 1.73. The number of rotatable bonds is 9. The summed E-state index contributed by atoms with van der Waals surface area (Å²) in [6.07, 6.45) is 3.30. The Morgan fingerprint density at radius 2 is 1.50 bits per heavy atom. The molecule has 2 nitrogen and oxygen atoms in total. The standard InChI is InChI=1S/C13H25FO2Si2/c1-8-11-13(14,12-9-2)15-18(6,7)16-17(4,5)10-3/h8-10H,1-3,11-12H2,4-7H3. The van der Waals surface area contributed by atoms with Crippen molar-refractivity contribution in [2.75, 3.05) is 0 Å². The third-order valence-electron chi connectivity index (χ3n) is 2.33. The number of halogens is 1. The highest BCUT2D eigenvalue weighted by Gasteiger charge is 2.41. The first-order chi connectivity index (χ1) is 8.10. The largest absolute Gasteiger partial charge is 0.433 e. The van der Waals surface area contributed by atoms with Crippen molar-refractivity contribution in [3.63, 3.8) is 0 Å². The van der Waals surface area contributed by atoms with E-state index in [9.17, 15) is 4.39 Å². The zero-order valence-electron chi connectivity index (χ0n) is 12.0. The van der Waals surface area contributed by atoms with Crippen LogP contribution >= 0.6 is 0 Å². The average molecular weight is 289 g/mol. The summed E-state index contributed by atoms with van der Waals surface area (Å²) in [5, 5.41) is 0. The third-order valence-corrected chi connectivity index (χ3v) is 8.24. The molecule has 0 fully saturated rings. The highest BCUT2D eigenvalue weighted by atomic mass is 28.4. The lowest BCUT2D eigenvalue weighted by atomic mass is 10.1. The van der Waals surface area contributed by atoms with E-state index < -0.39 is 22.7 Å². The Labute approximate surface area is 113 Å². The van der Waals surface area contributed by atoms with Crippen molar-refractivity contribution in [2.24, 2.45) is 0 Å². The van der Waals surface area contributed by atoms with Crippen LogP contribution in [0.15, 0.2) is 37.6 Å². The summed E-state index contributed by atoms with van der Waals surface area (Å²) >= 11 is 0. The maximum Gasteiger partial charge on any atom is 0.324 e. The van der Waals surface area contributed by atoms with Crippen molar-refractivity contribution in [1.82, 2.24) is 0 Å². The van der Waals surface area contributed by atoms with Crippen molar-refractivity contribution in [2.45, 2.75) is 44.9 Å². The molecule has 18 heavy (non-hydrogen) atoms. The molecule has 0 bridgehead atoms. The zero-order chi connectivity index (χ0) is 14.4. The molecule has 0 saturated heterocycles. The summed E-state index contributed by atoms with van der Waals surface area (Å²) in [7, 11) is -4.53. The highest BCUT2D eigenvalue weighted by Crippen LogP contribution is 2.30. The van der Waals surface area contributed by atoms with Crippen LogP contribution in [-0.4, -0.2) is 22.7 Å². The van der Waals surface area contributed by atoms with Crippen LogP contribution in [0.2, 0.25) is 26.2 Å². The van der Waals surface area contributed by atoms with Gasteiger partial charge in [0.15, 0.2) is 8.32 Å². The van der Waals surface area contributed by atoms with Gasteiger partial charge in [0.2, 0.25) is 5.85 Å².